The van der Waals surface area contributed by atoms with Gasteiger partial charge in [0.2, 0.25) is 5.91 Å². The van der Waals surface area contributed by atoms with Gasteiger partial charge < -0.3 is 15.0 Å². The molecule has 0 unspecified atom stereocenters. The molecule has 4 rings (SSSR count). The van der Waals surface area contributed by atoms with E-state index < -0.39 is 29.3 Å². The molecule has 9 nitrogen and oxygen atoms in total. The van der Waals surface area contributed by atoms with E-state index in [4.69, 9.17) is 4.74 Å². The van der Waals surface area contributed by atoms with Crippen molar-refractivity contribution in [2.75, 3.05) is 23.4 Å². The third-order valence-corrected chi connectivity index (χ3v) is 5.22. The lowest BCUT2D eigenvalue weighted by Gasteiger charge is -2.16. The highest BCUT2D eigenvalue weighted by Crippen LogP contribution is 2.28. The van der Waals surface area contributed by atoms with E-state index >= 15 is 0 Å². The number of nitro benzene ring substituents is 1. The molecule has 0 aromatic heterocycles. The third kappa shape index (κ3) is 4.41. The zero-order valence-corrected chi connectivity index (χ0v) is 16.9. The molecule has 2 amide bonds. The second kappa shape index (κ2) is 8.84. The molecule has 1 heterocycles. The van der Waals surface area contributed by atoms with Crippen LogP contribution in [0.2, 0.25) is 0 Å². The number of non-ortho nitro benzene ring substituents is 1. The SMILES string of the molecule is O=C(COC(=O)[C@H]1CC(=O)N(c2cccc([N+](=O)[O-])c2)C1)Nc1cccc2ccccc12. The molecule has 1 atom stereocenters. The van der Waals surface area contributed by atoms with E-state index in [1.54, 1.807) is 12.1 Å². The summed E-state index contributed by atoms with van der Waals surface area (Å²) in [6.45, 7) is -0.451. The summed E-state index contributed by atoms with van der Waals surface area (Å²) < 4.78 is 5.13. The van der Waals surface area contributed by atoms with Gasteiger partial charge in [-0.05, 0) is 17.5 Å². The Labute approximate surface area is 182 Å². The van der Waals surface area contributed by atoms with Gasteiger partial charge in [-0.25, -0.2) is 0 Å². The molecule has 1 fully saturated rings. The first-order valence-corrected chi connectivity index (χ1v) is 9.91. The second-order valence-electron chi connectivity index (χ2n) is 7.36. The highest BCUT2D eigenvalue weighted by Gasteiger charge is 2.36. The smallest absolute Gasteiger partial charge is 0.311 e. The van der Waals surface area contributed by atoms with Crippen LogP contribution in [-0.4, -0.2) is 35.9 Å². The van der Waals surface area contributed by atoms with Crippen LogP contribution in [-0.2, 0) is 19.1 Å². The van der Waals surface area contributed by atoms with Crippen molar-refractivity contribution in [3.05, 3.63) is 76.8 Å². The van der Waals surface area contributed by atoms with Crippen molar-refractivity contribution in [2.24, 2.45) is 5.92 Å². The molecule has 3 aromatic carbocycles. The molecule has 0 bridgehead atoms. The highest BCUT2D eigenvalue weighted by molar-refractivity contribution is 6.03. The van der Waals surface area contributed by atoms with Gasteiger partial charge >= 0.3 is 5.97 Å². The number of nitrogens with zero attached hydrogens (tertiary/aromatic N) is 2. The van der Waals surface area contributed by atoms with E-state index in [0.29, 0.717) is 11.4 Å². The van der Waals surface area contributed by atoms with Crippen molar-refractivity contribution < 1.29 is 24.0 Å². The molecule has 1 N–H and O–H groups in total. The topological polar surface area (TPSA) is 119 Å². The zero-order chi connectivity index (χ0) is 22.7. The van der Waals surface area contributed by atoms with Gasteiger partial charge in [-0.2, -0.15) is 0 Å². The Hall–Kier alpha value is -4.27. The molecule has 32 heavy (non-hydrogen) atoms. The first-order chi connectivity index (χ1) is 15.4. The quantitative estimate of drug-likeness (QED) is 0.362. The van der Waals surface area contributed by atoms with Gasteiger partial charge in [-0.1, -0.05) is 42.5 Å². The number of rotatable bonds is 6. The number of hydrogen-bond donors (Lipinski definition) is 1. The highest BCUT2D eigenvalue weighted by atomic mass is 16.6. The second-order valence-corrected chi connectivity index (χ2v) is 7.36. The zero-order valence-electron chi connectivity index (χ0n) is 16.9. The Bertz CT molecular complexity index is 1220. The lowest BCUT2D eigenvalue weighted by Crippen LogP contribution is -2.28. The summed E-state index contributed by atoms with van der Waals surface area (Å²) >= 11 is 0. The van der Waals surface area contributed by atoms with Crippen molar-refractivity contribution in [3.63, 3.8) is 0 Å². The fraction of sp³-hybridized carbons (Fsp3) is 0.174. The fourth-order valence-corrected chi connectivity index (χ4v) is 3.66. The summed E-state index contributed by atoms with van der Waals surface area (Å²) in [6, 6.07) is 18.7. The molecule has 0 saturated carbocycles. The van der Waals surface area contributed by atoms with E-state index in [9.17, 15) is 24.5 Å². The summed E-state index contributed by atoms with van der Waals surface area (Å²) in [5, 5.41) is 15.5. The number of benzene rings is 3. The van der Waals surface area contributed by atoms with Crippen LogP contribution in [0.4, 0.5) is 17.1 Å². The molecule has 3 aromatic rings. The van der Waals surface area contributed by atoms with Gasteiger partial charge in [-0.3, -0.25) is 24.5 Å². The summed E-state index contributed by atoms with van der Waals surface area (Å²) in [4.78, 5) is 48.8. The Kier molecular flexibility index (Phi) is 5.80. The van der Waals surface area contributed by atoms with Gasteiger partial charge in [0, 0.05) is 36.2 Å². The van der Waals surface area contributed by atoms with E-state index in [0.717, 1.165) is 10.8 Å². The van der Waals surface area contributed by atoms with Crippen molar-refractivity contribution >= 4 is 45.6 Å². The molecule has 9 heteroatoms. The van der Waals surface area contributed by atoms with Gasteiger partial charge in [0.1, 0.15) is 0 Å². The van der Waals surface area contributed by atoms with Gasteiger partial charge in [-0.15, -0.1) is 0 Å². The molecule has 162 valence electrons. The van der Waals surface area contributed by atoms with Gasteiger partial charge in [0.25, 0.3) is 11.6 Å². The van der Waals surface area contributed by atoms with E-state index in [1.807, 2.05) is 36.4 Å². The maximum absolute atomic E-state index is 12.4. The van der Waals surface area contributed by atoms with E-state index in [2.05, 4.69) is 5.32 Å². The van der Waals surface area contributed by atoms with Crippen molar-refractivity contribution in [3.8, 4) is 0 Å². The van der Waals surface area contributed by atoms with Crippen LogP contribution < -0.4 is 10.2 Å². The van der Waals surface area contributed by atoms with Crippen LogP contribution in [0.3, 0.4) is 0 Å². The van der Waals surface area contributed by atoms with Gasteiger partial charge in [0.05, 0.1) is 16.5 Å². The Morgan fingerprint density at radius 1 is 1.09 bits per heavy atom. The minimum Gasteiger partial charge on any atom is -0.455 e. The van der Waals surface area contributed by atoms with Crippen LogP contribution in [0.25, 0.3) is 10.8 Å². The van der Waals surface area contributed by atoms with E-state index in [1.165, 1.54) is 23.1 Å². The first kappa shape index (κ1) is 21.0. The average Bonchev–Trinajstić information content (AvgIpc) is 3.19. The van der Waals surface area contributed by atoms with Crippen LogP contribution in [0.1, 0.15) is 6.42 Å². The summed E-state index contributed by atoms with van der Waals surface area (Å²) in [7, 11) is 0. The molecule has 0 radical (unpaired) electrons. The number of fused-ring (bicyclic) bond motifs is 1. The number of esters is 1. The molecule has 1 aliphatic rings. The summed E-state index contributed by atoms with van der Waals surface area (Å²) in [6.07, 6.45) is -0.0908. The molecule has 1 saturated heterocycles. The maximum atomic E-state index is 12.4. The molecule has 0 spiro atoms. The number of anilines is 2. The van der Waals surface area contributed by atoms with Crippen LogP contribution in [0, 0.1) is 16.0 Å². The number of amides is 2. The minimum atomic E-state index is -0.757. The lowest BCUT2D eigenvalue weighted by atomic mass is 10.1. The molecular weight excluding hydrogens is 414 g/mol. The van der Waals surface area contributed by atoms with Crippen molar-refractivity contribution in [2.45, 2.75) is 6.42 Å². The third-order valence-electron chi connectivity index (χ3n) is 5.22. The predicted octanol–water partition coefficient (Wildman–Crippen LogP) is 3.28. The van der Waals surface area contributed by atoms with E-state index in [-0.39, 0.29) is 24.6 Å². The molecule has 1 aliphatic heterocycles. The fourth-order valence-electron chi connectivity index (χ4n) is 3.66. The van der Waals surface area contributed by atoms with Crippen LogP contribution in [0.15, 0.2) is 66.7 Å². The monoisotopic (exact) mass is 433 g/mol. The summed E-state index contributed by atoms with van der Waals surface area (Å²) in [5.41, 5.74) is 0.802. The number of nitrogens with one attached hydrogen (secondary N) is 1. The summed E-state index contributed by atoms with van der Waals surface area (Å²) in [5.74, 6) is -2.26. The Balaban J connectivity index is 1.35. The lowest BCUT2D eigenvalue weighted by molar-refractivity contribution is -0.384. The minimum absolute atomic E-state index is 0.0315. The number of carbonyl (C=O) groups excluding carboxylic acids is 3. The number of nitro groups is 1. The Morgan fingerprint density at radius 3 is 2.66 bits per heavy atom. The van der Waals surface area contributed by atoms with Crippen molar-refractivity contribution in [1.29, 1.82) is 0 Å². The Morgan fingerprint density at radius 2 is 1.84 bits per heavy atom. The van der Waals surface area contributed by atoms with Crippen LogP contribution >= 0.6 is 0 Å². The molecular formula is C23H19N3O6. The maximum Gasteiger partial charge on any atom is 0.311 e. The number of hydrogen-bond acceptors (Lipinski definition) is 6. The standard InChI is InChI=1S/C23H19N3O6/c27-21(24-20-10-3-6-15-5-1-2-9-19(15)20)14-32-23(29)16-11-22(28)25(13-16)17-7-4-8-18(12-17)26(30)31/h1-10,12,16H,11,13-14H2,(H,24,27)/t16-/m0/s1. The normalized spacial score (nSPS) is 15.6. The largest absolute Gasteiger partial charge is 0.455 e. The van der Waals surface area contributed by atoms with Crippen molar-refractivity contribution in [1.82, 2.24) is 0 Å². The predicted molar refractivity (Wildman–Crippen MR) is 117 cm³/mol. The van der Waals surface area contributed by atoms with Crippen LogP contribution in [0.5, 0.6) is 0 Å². The molecule has 0 aliphatic carbocycles. The number of carbonyl (C=O) groups is 3. The number of ether oxygens (including phenoxy) is 1. The average molecular weight is 433 g/mol. The first-order valence-electron chi connectivity index (χ1n) is 9.91. The van der Waals surface area contributed by atoms with Gasteiger partial charge in [0.15, 0.2) is 6.61 Å².